The molecule has 1 aliphatic heterocycles. The summed E-state index contributed by atoms with van der Waals surface area (Å²) in [6.07, 6.45) is 6.05. The van der Waals surface area contributed by atoms with Gasteiger partial charge >= 0.3 is 11.9 Å². The molecule has 7 nitrogen and oxygen atoms in total. The van der Waals surface area contributed by atoms with E-state index in [2.05, 4.69) is 4.98 Å². The van der Waals surface area contributed by atoms with E-state index in [0.717, 1.165) is 25.4 Å². The molecule has 154 valence electrons. The molecule has 2 aliphatic rings. The van der Waals surface area contributed by atoms with Crippen LogP contribution in [0.2, 0.25) is 0 Å². The zero-order valence-electron chi connectivity index (χ0n) is 17.0. The molecule has 2 atom stereocenters. The molecule has 2 fully saturated rings. The molecule has 1 amide bonds. The molecule has 1 aromatic heterocycles. The Labute approximate surface area is 165 Å². The third kappa shape index (κ3) is 4.23. The number of aromatic amines is 1. The highest BCUT2D eigenvalue weighted by molar-refractivity contribution is 5.99. The van der Waals surface area contributed by atoms with E-state index in [-0.39, 0.29) is 24.8 Å². The van der Waals surface area contributed by atoms with Crippen molar-refractivity contribution < 1.29 is 23.9 Å². The zero-order valence-corrected chi connectivity index (χ0v) is 17.0. The largest absolute Gasteiger partial charge is 0.461 e. The zero-order chi connectivity index (χ0) is 20.3. The molecular weight excluding hydrogens is 360 g/mol. The SMILES string of the molecule is CCOC(=O)c1[nH]c(C)c(C(=O)OCC(=O)N2CC[C@@H]3CCCC[C@@H]3C2)c1C. The first-order valence-corrected chi connectivity index (χ1v) is 10.2. The summed E-state index contributed by atoms with van der Waals surface area (Å²) in [5.74, 6) is 0.0837. The lowest BCUT2D eigenvalue weighted by molar-refractivity contribution is -0.137. The number of H-pyrrole nitrogens is 1. The molecule has 3 rings (SSSR count). The van der Waals surface area contributed by atoms with Crippen molar-refractivity contribution in [2.24, 2.45) is 11.8 Å². The van der Waals surface area contributed by atoms with E-state index in [0.29, 0.717) is 22.7 Å². The molecular formula is C21H30N2O5. The van der Waals surface area contributed by atoms with Crippen molar-refractivity contribution in [3.8, 4) is 0 Å². The fourth-order valence-corrected chi connectivity index (χ4v) is 4.58. The average Bonchev–Trinajstić information content (AvgIpc) is 3.00. The Morgan fingerprint density at radius 2 is 1.75 bits per heavy atom. The molecule has 7 heteroatoms. The number of hydrogen-bond acceptors (Lipinski definition) is 5. The predicted octanol–water partition coefficient (Wildman–Crippen LogP) is 3.00. The van der Waals surface area contributed by atoms with Gasteiger partial charge in [-0.05, 0) is 51.0 Å². The Balaban J connectivity index is 1.58. The number of hydrogen-bond donors (Lipinski definition) is 1. The van der Waals surface area contributed by atoms with Crippen molar-refractivity contribution in [2.75, 3.05) is 26.3 Å². The smallest absolute Gasteiger partial charge is 0.355 e. The number of rotatable bonds is 5. The van der Waals surface area contributed by atoms with Gasteiger partial charge in [0.15, 0.2) is 6.61 Å². The fraction of sp³-hybridized carbons (Fsp3) is 0.667. The van der Waals surface area contributed by atoms with Gasteiger partial charge in [-0.1, -0.05) is 19.3 Å². The van der Waals surface area contributed by atoms with E-state index in [1.165, 1.54) is 25.7 Å². The van der Waals surface area contributed by atoms with Crippen LogP contribution in [0.15, 0.2) is 0 Å². The van der Waals surface area contributed by atoms with Gasteiger partial charge in [0, 0.05) is 18.8 Å². The second kappa shape index (κ2) is 8.80. The second-order valence-corrected chi connectivity index (χ2v) is 7.85. The third-order valence-electron chi connectivity index (χ3n) is 6.09. The number of ether oxygens (including phenoxy) is 2. The Morgan fingerprint density at radius 3 is 2.46 bits per heavy atom. The van der Waals surface area contributed by atoms with Crippen molar-refractivity contribution in [1.29, 1.82) is 0 Å². The number of esters is 2. The number of aryl methyl sites for hydroxylation is 1. The summed E-state index contributed by atoms with van der Waals surface area (Å²) in [5, 5.41) is 0. The highest BCUT2D eigenvalue weighted by Gasteiger charge is 2.33. The van der Waals surface area contributed by atoms with Crippen LogP contribution in [0, 0.1) is 25.7 Å². The van der Waals surface area contributed by atoms with Gasteiger partial charge in [-0.15, -0.1) is 0 Å². The summed E-state index contributed by atoms with van der Waals surface area (Å²) in [6.45, 7) is 6.59. The molecule has 0 spiro atoms. The van der Waals surface area contributed by atoms with Gasteiger partial charge in [-0.25, -0.2) is 9.59 Å². The van der Waals surface area contributed by atoms with Gasteiger partial charge in [-0.3, -0.25) is 4.79 Å². The van der Waals surface area contributed by atoms with Gasteiger partial charge in [0.05, 0.1) is 12.2 Å². The molecule has 0 radical (unpaired) electrons. The number of likely N-dealkylation sites (tertiary alicyclic amines) is 1. The van der Waals surface area contributed by atoms with Crippen LogP contribution in [0.1, 0.15) is 71.1 Å². The van der Waals surface area contributed by atoms with E-state index in [4.69, 9.17) is 9.47 Å². The normalized spacial score (nSPS) is 21.8. The maximum atomic E-state index is 12.5. The molecule has 1 aliphatic carbocycles. The van der Waals surface area contributed by atoms with Crippen molar-refractivity contribution in [3.63, 3.8) is 0 Å². The van der Waals surface area contributed by atoms with Crippen LogP contribution in [0.25, 0.3) is 0 Å². The van der Waals surface area contributed by atoms with Gasteiger partial charge in [0.2, 0.25) is 0 Å². The lowest BCUT2D eigenvalue weighted by atomic mass is 9.75. The minimum absolute atomic E-state index is 0.145. The minimum atomic E-state index is -0.595. The van der Waals surface area contributed by atoms with E-state index in [9.17, 15) is 14.4 Å². The number of nitrogens with one attached hydrogen (secondary N) is 1. The fourth-order valence-electron chi connectivity index (χ4n) is 4.58. The highest BCUT2D eigenvalue weighted by atomic mass is 16.5. The van der Waals surface area contributed by atoms with Gasteiger partial charge in [-0.2, -0.15) is 0 Å². The molecule has 2 heterocycles. The number of nitrogens with zero attached hydrogens (tertiary/aromatic N) is 1. The topological polar surface area (TPSA) is 88.7 Å². The molecule has 1 saturated heterocycles. The standard InChI is InChI=1S/C21H30N2O5/c1-4-27-21(26)19-13(2)18(14(3)22-19)20(25)28-12-17(24)23-10-9-15-7-5-6-8-16(15)11-23/h15-16,22H,4-12H2,1-3H3/t15-,16+/m0/s1. The molecule has 1 saturated carbocycles. The molecule has 1 N–H and O–H groups in total. The summed E-state index contributed by atoms with van der Waals surface area (Å²) >= 11 is 0. The number of piperidine rings is 1. The lowest BCUT2D eigenvalue weighted by Crippen LogP contribution is -2.46. The van der Waals surface area contributed by atoms with E-state index in [1.54, 1.807) is 20.8 Å². The quantitative estimate of drug-likeness (QED) is 0.781. The summed E-state index contributed by atoms with van der Waals surface area (Å²) < 4.78 is 10.3. The molecule has 0 bridgehead atoms. The minimum Gasteiger partial charge on any atom is -0.461 e. The van der Waals surface area contributed by atoms with Crippen LogP contribution in [0.5, 0.6) is 0 Å². The van der Waals surface area contributed by atoms with Crippen molar-refractivity contribution >= 4 is 17.8 Å². The second-order valence-electron chi connectivity index (χ2n) is 7.85. The van der Waals surface area contributed by atoms with Gasteiger partial charge in [0.25, 0.3) is 5.91 Å². The maximum absolute atomic E-state index is 12.5. The Morgan fingerprint density at radius 1 is 1.04 bits per heavy atom. The maximum Gasteiger partial charge on any atom is 0.355 e. The van der Waals surface area contributed by atoms with Crippen LogP contribution in [-0.4, -0.2) is 54.0 Å². The molecule has 28 heavy (non-hydrogen) atoms. The number of carbonyl (C=O) groups is 3. The monoisotopic (exact) mass is 390 g/mol. The van der Waals surface area contributed by atoms with Crippen molar-refractivity contribution in [1.82, 2.24) is 9.88 Å². The van der Waals surface area contributed by atoms with Gasteiger partial charge in [0.1, 0.15) is 5.69 Å². The van der Waals surface area contributed by atoms with Gasteiger partial charge < -0.3 is 19.4 Å². The average molecular weight is 390 g/mol. The van der Waals surface area contributed by atoms with Crippen LogP contribution in [-0.2, 0) is 14.3 Å². The Bertz CT molecular complexity index is 754. The number of aromatic nitrogens is 1. The molecule has 0 unspecified atom stereocenters. The first-order chi connectivity index (χ1) is 13.4. The third-order valence-corrected chi connectivity index (χ3v) is 6.09. The summed E-state index contributed by atoms with van der Waals surface area (Å²) in [5.41, 5.74) is 1.55. The van der Waals surface area contributed by atoms with Crippen LogP contribution in [0.4, 0.5) is 0 Å². The van der Waals surface area contributed by atoms with Crippen molar-refractivity contribution in [3.05, 3.63) is 22.5 Å². The first kappa shape index (κ1) is 20.4. The van der Waals surface area contributed by atoms with Crippen molar-refractivity contribution in [2.45, 2.75) is 52.9 Å². The molecule has 1 aromatic rings. The Hall–Kier alpha value is -2.31. The summed E-state index contributed by atoms with van der Waals surface area (Å²) in [4.78, 5) is 41.8. The Kier molecular flexibility index (Phi) is 6.42. The van der Waals surface area contributed by atoms with Crippen LogP contribution < -0.4 is 0 Å². The number of fused-ring (bicyclic) bond motifs is 1. The number of amides is 1. The molecule has 0 aromatic carbocycles. The van der Waals surface area contributed by atoms with E-state index < -0.39 is 11.9 Å². The predicted molar refractivity (Wildman–Crippen MR) is 103 cm³/mol. The lowest BCUT2D eigenvalue weighted by Gasteiger charge is -2.41. The van der Waals surface area contributed by atoms with E-state index >= 15 is 0 Å². The summed E-state index contributed by atoms with van der Waals surface area (Å²) in [6, 6.07) is 0. The van der Waals surface area contributed by atoms with Crippen LogP contribution >= 0.6 is 0 Å². The highest BCUT2D eigenvalue weighted by Crippen LogP contribution is 2.36. The summed E-state index contributed by atoms with van der Waals surface area (Å²) in [7, 11) is 0. The first-order valence-electron chi connectivity index (χ1n) is 10.2. The number of carbonyl (C=O) groups excluding carboxylic acids is 3. The van der Waals surface area contributed by atoms with E-state index in [1.807, 2.05) is 4.90 Å². The van der Waals surface area contributed by atoms with Crippen LogP contribution in [0.3, 0.4) is 0 Å².